The maximum atomic E-state index is 15.7. The van der Waals surface area contributed by atoms with Gasteiger partial charge in [0.2, 0.25) is 5.91 Å². The lowest BCUT2D eigenvalue weighted by atomic mass is 9.77. The molecule has 0 aromatic heterocycles. The fraction of sp³-hybridized carbons (Fsp3) is 0.424. The second kappa shape index (κ2) is 13.0. The summed E-state index contributed by atoms with van der Waals surface area (Å²) in [5.41, 5.74) is 3.13. The van der Waals surface area contributed by atoms with Crippen LogP contribution in [0.1, 0.15) is 36.3 Å². The van der Waals surface area contributed by atoms with Gasteiger partial charge in [-0.2, -0.15) is 0 Å². The van der Waals surface area contributed by atoms with E-state index in [1.807, 2.05) is 54.6 Å². The molecule has 41 heavy (non-hydrogen) atoms. The zero-order valence-electron chi connectivity index (χ0n) is 23.7. The molecular formula is C33H38F2N2O4. The van der Waals surface area contributed by atoms with Crippen LogP contribution in [0, 0.1) is 5.92 Å². The van der Waals surface area contributed by atoms with E-state index in [4.69, 9.17) is 14.2 Å². The number of carbonyl (C=O) groups excluding carboxylic acids is 1. The number of nitrogens with zero attached hydrogens (tertiary/aromatic N) is 1. The first-order chi connectivity index (χ1) is 19.9. The zero-order valence-corrected chi connectivity index (χ0v) is 23.7. The lowest BCUT2D eigenvalue weighted by Gasteiger charge is -2.40. The standard InChI is InChI=1S/C33H38F2N2O4/c1-39-14-7-15-41-29-17-23(16-28(19-29)40-2)21-37(27-12-13-27)32(38)30-20-36-22-33(34,35)31(30)26-11-6-10-25(18-26)24-8-4-3-5-9-24/h3-6,8-11,16-19,27,30-31,36H,7,12-15,20-22H2,1-2H3/t30-,31+/m0/s1. The number of piperidine rings is 1. The highest BCUT2D eigenvalue weighted by Gasteiger charge is 2.52. The molecule has 2 aliphatic rings. The van der Waals surface area contributed by atoms with Gasteiger partial charge in [0.25, 0.3) is 5.92 Å². The Hall–Kier alpha value is -3.49. The van der Waals surface area contributed by atoms with Gasteiger partial charge in [0.1, 0.15) is 11.5 Å². The predicted octanol–water partition coefficient (Wildman–Crippen LogP) is 5.91. The largest absolute Gasteiger partial charge is 0.497 e. The summed E-state index contributed by atoms with van der Waals surface area (Å²) >= 11 is 0. The molecule has 8 heteroatoms. The van der Waals surface area contributed by atoms with Crippen LogP contribution in [0.4, 0.5) is 8.78 Å². The van der Waals surface area contributed by atoms with Crippen molar-refractivity contribution in [2.24, 2.45) is 5.92 Å². The molecule has 0 unspecified atom stereocenters. The molecule has 1 saturated carbocycles. The lowest BCUT2D eigenvalue weighted by molar-refractivity contribution is -0.145. The molecule has 1 N–H and O–H groups in total. The van der Waals surface area contributed by atoms with Gasteiger partial charge in [-0.1, -0.05) is 54.6 Å². The normalized spacial score (nSPS) is 19.9. The first-order valence-corrected chi connectivity index (χ1v) is 14.2. The molecule has 3 aromatic carbocycles. The van der Waals surface area contributed by atoms with Crippen molar-refractivity contribution < 1.29 is 27.8 Å². The Bertz CT molecular complexity index is 1320. The van der Waals surface area contributed by atoms with Gasteiger partial charge in [-0.25, -0.2) is 8.78 Å². The SMILES string of the molecule is COCCCOc1cc(CN(C(=O)[C@H]2CNCC(F)(F)[C@@H]2c2cccc(-c3ccccc3)c2)C2CC2)cc(OC)c1. The summed E-state index contributed by atoms with van der Waals surface area (Å²) in [5.74, 6) is -4.21. The summed E-state index contributed by atoms with van der Waals surface area (Å²) in [6, 6.07) is 22.6. The average Bonchev–Trinajstić information content (AvgIpc) is 3.83. The number of nitrogens with one attached hydrogen (secondary N) is 1. The summed E-state index contributed by atoms with van der Waals surface area (Å²) in [7, 11) is 3.23. The van der Waals surface area contributed by atoms with Crippen LogP contribution in [-0.2, 0) is 16.1 Å². The molecule has 218 valence electrons. The number of halogens is 2. The van der Waals surface area contributed by atoms with E-state index >= 15 is 8.78 Å². The van der Waals surface area contributed by atoms with Crippen molar-refractivity contribution in [3.05, 3.63) is 83.9 Å². The quantitative estimate of drug-likeness (QED) is 0.277. The molecule has 2 fully saturated rings. The minimum atomic E-state index is -3.08. The van der Waals surface area contributed by atoms with E-state index in [0.29, 0.717) is 36.8 Å². The van der Waals surface area contributed by atoms with Crippen molar-refractivity contribution in [3.8, 4) is 22.6 Å². The molecule has 1 aliphatic heterocycles. The summed E-state index contributed by atoms with van der Waals surface area (Å²) in [6.07, 6.45) is 2.47. The second-order valence-corrected chi connectivity index (χ2v) is 10.9. The predicted molar refractivity (Wildman–Crippen MR) is 154 cm³/mol. The van der Waals surface area contributed by atoms with Gasteiger partial charge >= 0.3 is 0 Å². The summed E-state index contributed by atoms with van der Waals surface area (Å²) in [4.78, 5) is 16.0. The number of ether oxygens (including phenoxy) is 3. The van der Waals surface area contributed by atoms with Crippen molar-refractivity contribution in [2.45, 2.75) is 43.7 Å². The molecule has 1 aliphatic carbocycles. The minimum Gasteiger partial charge on any atom is -0.497 e. The van der Waals surface area contributed by atoms with Crippen LogP contribution in [0.5, 0.6) is 11.5 Å². The number of alkyl halides is 2. The molecule has 1 heterocycles. The monoisotopic (exact) mass is 564 g/mol. The summed E-state index contributed by atoms with van der Waals surface area (Å²) < 4.78 is 47.8. The molecule has 1 saturated heterocycles. The van der Waals surface area contributed by atoms with E-state index in [-0.39, 0.29) is 18.5 Å². The van der Waals surface area contributed by atoms with Gasteiger partial charge in [0.15, 0.2) is 0 Å². The second-order valence-electron chi connectivity index (χ2n) is 10.9. The van der Waals surface area contributed by atoms with Gasteiger partial charge in [-0.15, -0.1) is 0 Å². The highest BCUT2D eigenvalue weighted by Crippen LogP contribution is 2.44. The van der Waals surface area contributed by atoms with Crippen molar-refractivity contribution in [3.63, 3.8) is 0 Å². The number of methoxy groups -OCH3 is 2. The van der Waals surface area contributed by atoms with Gasteiger partial charge in [0.05, 0.1) is 32.1 Å². The van der Waals surface area contributed by atoms with Crippen LogP contribution in [0.3, 0.4) is 0 Å². The van der Waals surface area contributed by atoms with Crippen LogP contribution >= 0.6 is 0 Å². The van der Waals surface area contributed by atoms with Crippen LogP contribution in [0.2, 0.25) is 0 Å². The topological polar surface area (TPSA) is 60.0 Å². The Balaban J connectivity index is 1.41. The molecule has 2 atom stereocenters. The van der Waals surface area contributed by atoms with E-state index < -0.39 is 24.3 Å². The van der Waals surface area contributed by atoms with Crippen LogP contribution < -0.4 is 14.8 Å². The van der Waals surface area contributed by atoms with E-state index in [9.17, 15) is 4.79 Å². The molecule has 0 spiro atoms. The molecule has 3 aromatic rings. The van der Waals surface area contributed by atoms with Gasteiger partial charge in [-0.3, -0.25) is 4.79 Å². The van der Waals surface area contributed by atoms with Gasteiger partial charge < -0.3 is 24.4 Å². The highest BCUT2D eigenvalue weighted by atomic mass is 19.3. The maximum absolute atomic E-state index is 15.7. The summed E-state index contributed by atoms with van der Waals surface area (Å²) in [6.45, 7) is 1.12. The number of rotatable bonds is 12. The van der Waals surface area contributed by atoms with E-state index in [1.54, 1.807) is 37.3 Å². The van der Waals surface area contributed by atoms with Gasteiger partial charge in [0, 0.05) is 45.3 Å². The Morgan fingerprint density at radius 2 is 1.71 bits per heavy atom. The molecule has 5 rings (SSSR count). The molecular weight excluding hydrogens is 526 g/mol. The van der Waals surface area contributed by atoms with Crippen molar-refractivity contribution in [1.29, 1.82) is 0 Å². The number of hydrogen-bond acceptors (Lipinski definition) is 5. The van der Waals surface area contributed by atoms with E-state index in [1.165, 1.54) is 0 Å². The lowest BCUT2D eigenvalue weighted by Crippen LogP contribution is -2.55. The molecule has 0 radical (unpaired) electrons. The van der Waals surface area contributed by atoms with E-state index in [0.717, 1.165) is 36.0 Å². The minimum absolute atomic E-state index is 0.0339. The maximum Gasteiger partial charge on any atom is 0.267 e. The summed E-state index contributed by atoms with van der Waals surface area (Å²) in [5, 5.41) is 2.84. The first kappa shape index (κ1) is 29.0. The Labute approximate surface area is 240 Å². The molecule has 6 nitrogen and oxygen atoms in total. The number of benzene rings is 3. The third-order valence-corrected chi connectivity index (χ3v) is 7.81. The number of carbonyl (C=O) groups is 1. The van der Waals surface area contributed by atoms with Crippen molar-refractivity contribution >= 4 is 5.91 Å². The van der Waals surface area contributed by atoms with E-state index in [2.05, 4.69) is 5.32 Å². The zero-order chi connectivity index (χ0) is 28.8. The van der Waals surface area contributed by atoms with Crippen LogP contribution in [-0.4, -0.2) is 63.3 Å². The average molecular weight is 565 g/mol. The third-order valence-electron chi connectivity index (χ3n) is 7.81. The van der Waals surface area contributed by atoms with Gasteiger partial charge in [-0.05, 0) is 47.2 Å². The number of amides is 1. The number of hydrogen-bond donors (Lipinski definition) is 1. The molecule has 1 amide bonds. The Morgan fingerprint density at radius 3 is 2.44 bits per heavy atom. The highest BCUT2D eigenvalue weighted by molar-refractivity contribution is 5.81. The fourth-order valence-corrected chi connectivity index (χ4v) is 5.66. The van der Waals surface area contributed by atoms with Crippen LogP contribution in [0.25, 0.3) is 11.1 Å². The van der Waals surface area contributed by atoms with Crippen molar-refractivity contribution in [2.75, 3.05) is 40.5 Å². The Kier molecular flexibility index (Phi) is 9.20. The van der Waals surface area contributed by atoms with Crippen LogP contribution in [0.15, 0.2) is 72.8 Å². The Morgan fingerprint density at radius 1 is 0.951 bits per heavy atom. The van der Waals surface area contributed by atoms with Crippen molar-refractivity contribution in [1.82, 2.24) is 10.2 Å². The first-order valence-electron chi connectivity index (χ1n) is 14.2. The fourth-order valence-electron chi connectivity index (χ4n) is 5.66. The smallest absolute Gasteiger partial charge is 0.267 e. The molecule has 0 bridgehead atoms. The third kappa shape index (κ3) is 7.05.